The molecule has 25 heavy (non-hydrogen) atoms. The van der Waals surface area contributed by atoms with Crippen LogP contribution < -0.4 is 18.9 Å². The van der Waals surface area contributed by atoms with Crippen LogP contribution in [-0.2, 0) is 4.74 Å². The molecule has 7 heteroatoms. The molecule has 0 atom stereocenters. The molecule has 0 aliphatic rings. The monoisotopic (exact) mass is 366 g/mol. The van der Waals surface area contributed by atoms with Crippen molar-refractivity contribution in [3.63, 3.8) is 0 Å². The van der Waals surface area contributed by atoms with E-state index in [1.165, 1.54) is 33.5 Å². The van der Waals surface area contributed by atoms with Crippen LogP contribution in [-0.4, -0.2) is 40.5 Å². The Labute approximate surface area is 151 Å². The van der Waals surface area contributed by atoms with Crippen LogP contribution in [0, 0.1) is 0 Å². The van der Waals surface area contributed by atoms with Gasteiger partial charge in [0, 0.05) is 5.02 Å². The molecular weight excluding hydrogens is 348 g/mol. The maximum absolute atomic E-state index is 12.2. The Balaban J connectivity index is 1.96. The number of ether oxygens (including phenoxy) is 5. The second-order valence-corrected chi connectivity index (χ2v) is 5.29. The van der Waals surface area contributed by atoms with Gasteiger partial charge in [0.1, 0.15) is 19.0 Å². The summed E-state index contributed by atoms with van der Waals surface area (Å²) in [4.78, 5) is 12.2. The fourth-order valence-corrected chi connectivity index (χ4v) is 2.31. The maximum Gasteiger partial charge on any atom is 0.338 e. The second kappa shape index (κ2) is 9.03. The molecule has 0 bridgehead atoms. The largest absolute Gasteiger partial charge is 0.493 e. The average molecular weight is 367 g/mol. The minimum atomic E-state index is -0.519. The van der Waals surface area contributed by atoms with Gasteiger partial charge >= 0.3 is 5.97 Å². The number of methoxy groups -OCH3 is 3. The molecule has 0 aliphatic heterocycles. The molecule has 0 heterocycles. The summed E-state index contributed by atoms with van der Waals surface area (Å²) in [7, 11) is 4.45. The Morgan fingerprint density at radius 1 is 0.960 bits per heavy atom. The van der Waals surface area contributed by atoms with Crippen molar-refractivity contribution in [2.75, 3.05) is 34.5 Å². The summed E-state index contributed by atoms with van der Waals surface area (Å²) in [5.41, 5.74) is 0.289. The predicted molar refractivity (Wildman–Crippen MR) is 93.3 cm³/mol. The van der Waals surface area contributed by atoms with E-state index < -0.39 is 5.97 Å². The van der Waals surface area contributed by atoms with E-state index in [9.17, 15) is 4.79 Å². The minimum absolute atomic E-state index is 0.0853. The molecule has 6 nitrogen and oxygen atoms in total. The summed E-state index contributed by atoms with van der Waals surface area (Å²) < 4.78 is 26.3. The number of carbonyl (C=O) groups is 1. The summed E-state index contributed by atoms with van der Waals surface area (Å²) in [6.45, 7) is 0.290. The Morgan fingerprint density at radius 2 is 1.64 bits per heavy atom. The molecule has 2 aromatic rings. The Kier molecular flexibility index (Phi) is 6.77. The number of carbonyl (C=O) groups excluding carboxylic acids is 1. The van der Waals surface area contributed by atoms with E-state index in [2.05, 4.69) is 0 Å². The summed E-state index contributed by atoms with van der Waals surface area (Å²) in [5.74, 6) is 1.25. The first-order valence-corrected chi connectivity index (χ1v) is 7.82. The number of rotatable bonds is 8. The number of halogens is 1. The number of hydrogen-bond donors (Lipinski definition) is 0. The van der Waals surface area contributed by atoms with E-state index in [0.29, 0.717) is 28.0 Å². The topological polar surface area (TPSA) is 63.2 Å². The summed E-state index contributed by atoms with van der Waals surface area (Å²) >= 11 is 5.87. The first-order chi connectivity index (χ1) is 12.1. The lowest BCUT2D eigenvalue weighted by atomic mass is 10.2. The van der Waals surface area contributed by atoms with Gasteiger partial charge in [-0.1, -0.05) is 17.7 Å². The van der Waals surface area contributed by atoms with Crippen molar-refractivity contribution < 1.29 is 28.5 Å². The Bertz CT molecular complexity index is 706. The molecule has 0 unspecified atom stereocenters. The average Bonchev–Trinajstić information content (AvgIpc) is 2.63. The fourth-order valence-electron chi connectivity index (χ4n) is 2.13. The zero-order valence-corrected chi connectivity index (χ0v) is 15.0. The highest BCUT2D eigenvalue weighted by atomic mass is 35.5. The van der Waals surface area contributed by atoms with Gasteiger partial charge in [0.15, 0.2) is 11.5 Å². The molecule has 134 valence electrons. The Morgan fingerprint density at radius 3 is 2.20 bits per heavy atom. The normalized spacial score (nSPS) is 10.1. The molecule has 2 aromatic carbocycles. The van der Waals surface area contributed by atoms with Crippen molar-refractivity contribution in [2.45, 2.75) is 0 Å². The number of esters is 1. The summed E-state index contributed by atoms with van der Waals surface area (Å²) in [6.07, 6.45) is 0. The third-order valence-electron chi connectivity index (χ3n) is 3.28. The van der Waals surface area contributed by atoms with Crippen LogP contribution in [0.15, 0.2) is 36.4 Å². The molecule has 0 saturated carbocycles. The van der Waals surface area contributed by atoms with Crippen LogP contribution in [0.25, 0.3) is 0 Å². The fraction of sp³-hybridized carbons (Fsp3) is 0.278. The molecule has 0 amide bonds. The summed E-state index contributed by atoms with van der Waals surface area (Å²) in [6, 6.07) is 10.0. The zero-order chi connectivity index (χ0) is 18.2. The highest BCUT2D eigenvalue weighted by Gasteiger charge is 2.17. The van der Waals surface area contributed by atoms with Crippen molar-refractivity contribution in [3.8, 4) is 23.0 Å². The van der Waals surface area contributed by atoms with E-state index in [1.807, 2.05) is 0 Å². The lowest BCUT2D eigenvalue weighted by Crippen LogP contribution is -2.13. The lowest BCUT2D eigenvalue weighted by Gasteiger charge is -2.14. The van der Waals surface area contributed by atoms with Gasteiger partial charge in [-0.25, -0.2) is 4.79 Å². The smallest absolute Gasteiger partial charge is 0.338 e. The highest BCUT2D eigenvalue weighted by Crippen LogP contribution is 2.38. The van der Waals surface area contributed by atoms with Gasteiger partial charge in [-0.2, -0.15) is 0 Å². The molecule has 0 N–H and O–H groups in total. The van der Waals surface area contributed by atoms with Crippen LogP contribution >= 0.6 is 11.6 Å². The molecule has 2 rings (SSSR count). The van der Waals surface area contributed by atoms with Crippen LogP contribution in [0.1, 0.15) is 10.4 Å². The number of hydrogen-bond acceptors (Lipinski definition) is 6. The molecule has 0 fully saturated rings. The maximum atomic E-state index is 12.2. The lowest BCUT2D eigenvalue weighted by molar-refractivity contribution is 0.0449. The van der Waals surface area contributed by atoms with Crippen LogP contribution in [0.3, 0.4) is 0 Å². The van der Waals surface area contributed by atoms with E-state index in [-0.39, 0.29) is 18.8 Å². The van der Waals surface area contributed by atoms with Gasteiger partial charge in [-0.15, -0.1) is 0 Å². The third-order valence-corrected chi connectivity index (χ3v) is 3.52. The van der Waals surface area contributed by atoms with Crippen molar-refractivity contribution >= 4 is 17.6 Å². The quantitative estimate of drug-likeness (QED) is 0.525. The first-order valence-electron chi connectivity index (χ1n) is 7.44. The Hall–Kier alpha value is -2.60. The second-order valence-electron chi connectivity index (χ2n) is 4.86. The van der Waals surface area contributed by atoms with E-state index in [4.69, 9.17) is 35.3 Å². The van der Waals surface area contributed by atoms with E-state index in [0.717, 1.165) is 0 Å². The van der Waals surface area contributed by atoms with Gasteiger partial charge in [0.25, 0.3) is 0 Å². The van der Waals surface area contributed by atoms with Gasteiger partial charge in [-0.05, 0) is 30.3 Å². The molecule has 0 aromatic heterocycles. The van der Waals surface area contributed by atoms with Gasteiger partial charge < -0.3 is 23.7 Å². The first kappa shape index (κ1) is 18.7. The van der Waals surface area contributed by atoms with Crippen LogP contribution in [0.4, 0.5) is 0 Å². The van der Waals surface area contributed by atoms with Crippen molar-refractivity contribution in [1.82, 2.24) is 0 Å². The van der Waals surface area contributed by atoms with Crippen molar-refractivity contribution in [2.24, 2.45) is 0 Å². The molecule has 0 spiro atoms. The van der Waals surface area contributed by atoms with Gasteiger partial charge in [0.05, 0.1) is 26.9 Å². The highest BCUT2D eigenvalue weighted by molar-refractivity contribution is 6.30. The van der Waals surface area contributed by atoms with Crippen LogP contribution in [0.5, 0.6) is 23.0 Å². The molecule has 0 aliphatic carbocycles. The van der Waals surface area contributed by atoms with Gasteiger partial charge in [-0.3, -0.25) is 0 Å². The zero-order valence-electron chi connectivity index (χ0n) is 14.2. The van der Waals surface area contributed by atoms with Gasteiger partial charge in [0.2, 0.25) is 5.75 Å². The van der Waals surface area contributed by atoms with E-state index in [1.54, 1.807) is 24.3 Å². The van der Waals surface area contributed by atoms with Crippen molar-refractivity contribution in [3.05, 3.63) is 47.0 Å². The van der Waals surface area contributed by atoms with Crippen molar-refractivity contribution in [1.29, 1.82) is 0 Å². The summed E-state index contributed by atoms with van der Waals surface area (Å²) in [5, 5.41) is 0.576. The molecule has 0 saturated heterocycles. The van der Waals surface area contributed by atoms with Crippen LogP contribution in [0.2, 0.25) is 5.02 Å². The molecular formula is C18H19ClO6. The SMILES string of the molecule is COc1cc(C(=O)OCCOc2cccc(Cl)c2)cc(OC)c1OC. The standard InChI is InChI=1S/C18H19ClO6/c1-21-15-9-12(10-16(22-2)17(15)23-3)18(20)25-8-7-24-14-6-4-5-13(19)11-14/h4-6,9-11H,7-8H2,1-3H3. The minimum Gasteiger partial charge on any atom is -0.493 e. The third kappa shape index (κ3) is 4.93. The molecule has 0 radical (unpaired) electrons. The van der Waals surface area contributed by atoms with E-state index >= 15 is 0 Å². The predicted octanol–water partition coefficient (Wildman–Crippen LogP) is 3.60. The number of benzene rings is 2.